The number of rotatable bonds is 2. The van der Waals surface area contributed by atoms with Gasteiger partial charge in [0, 0.05) is 12.2 Å². The van der Waals surface area contributed by atoms with Gasteiger partial charge in [0.25, 0.3) is 0 Å². The van der Waals surface area contributed by atoms with Crippen molar-refractivity contribution in [2.75, 3.05) is 24.6 Å². The summed E-state index contributed by atoms with van der Waals surface area (Å²) in [5.74, 6) is -0.303. The number of carbonyl (C=O) groups is 1. The van der Waals surface area contributed by atoms with Gasteiger partial charge in [-0.05, 0) is 45.0 Å². The zero-order chi connectivity index (χ0) is 14.8. The molecule has 5 heteroatoms. The molecule has 2 rings (SSSR count). The van der Waals surface area contributed by atoms with Crippen molar-refractivity contribution in [1.29, 1.82) is 0 Å². The van der Waals surface area contributed by atoms with Gasteiger partial charge in [0.05, 0.1) is 18.7 Å². The number of nitrogens with two attached hydrogens (primary N) is 1. The summed E-state index contributed by atoms with van der Waals surface area (Å²) < 4.78 is 10.6. The van der Waals surface area contributed by atoms with Gasteiger partial charge >= 0.3 is 5.97 Å². The molecule has 0 spiro atoms. The van der Waals surface area contributed by atoms with Crippen LogP contribution in [0.3, 0.4) is 0 Å². The van der Waals surface area contributed by atoms with Crippen LogP contribution in [0, 0.1) is 0 Å². The van der Waals surface area contributed by atoms with E-state index in [1.165, 1.54) is 0 Å². The van der Waals surface area contributed by atoms with Gasteiger partial charge in [-0.15, -0.1) is 0 Å². The monoisotopic (exact) mass is 278 g/mol. The number of carbonyl (C=O) groups excluding carboxylic acids is 1. The van der Waals surface area contributed by atoms with Gasteiger partial charge in [0.1, 0.15) is 11.8 Å². The van der Waals surface area contributed by atoms with Crippen molar-refractivity contribution < 1.29 is 14.3 Å². The van der Waals surface area contributed by atoms with Crippen LogP contribution in [0.15, 0.2) is 24.3 Å². The van der Waals surface area contributed by atoms with Gasteiger partial charge in [-0.2, -0.15) is 0 Å². The highest BCUT2D eigenvalue weighted by atomic mass is 16.6. The first-order chi connectivity index (χ1) is 9.35. The maximum atomic E-state index is 11.9. The molecule has 1 aromatic carbocycles. The smallest absolute Gasteiger partial charge is 0.338 e. The van der Waals surface area contributed by atoms with Crippen molar-refractivity contribution >= 4 is 11.7 Å². The minimum absolute atomic E-state index is 0.255. The standard InChI is InChI=1S/C15H22N2O3/c1-15(2,3)20-14(18)11-4-6-12(7-5-11)17-8-9-19-13(16)10-17/h4-7,13H,8-10,16H2,1-3H3. The Kier molecular flexibility index (Phi) is 4.30. The van der Waals surface area contributed by atoms with Crippen molar-refractivity contribution in [1.82, 2.24) is 0 Å². The van der Waals surface area contributed by atoms with E-state index in [1.807, 2.05) is 32.9 Å². The lowest BCUT2D eigenvalue weighted by Gasteiger charge is -2.32. The number of hydrogen-bond acceptors (Lipinski definition) is 5. The number of ether oxygens (including phenoxy) is 2. The molecule has 0 saturated carbocycles. The Balaban J connectivity index is 2.04. The van der Waals surface area contributed by atoms with Gasteiger partial charge in [0.2, 0.25) is 0 Å². The number of benzene rings is 1. The van der Waals surface area contributed by atoms with Crippen LogP contribution in [-0.2, 0) is 9.47 Å². The van der Waals surface area contributed by atoms with Crippen LogP contribution in [-0.4, -0.2) is 37.5 Å². The Hall–Kier alpha value is -1.59. The lowest BCUT2D eigenvalue weighted by Crippen LogP contribution is -2.46. The van der Waals surface area contributed by atoms with Crippen molar-refractivity contribution in [3.63, 3.8) is 0 Å². The molecule has 1 saturated heterocycles. The first-order valence-electron chi connectivity index (χ1n) is 6.81. The molecule has 0 radical (unpaired) electrons. The molecule has 1 aliphatic rings. The fourth-order valence-electron chi connectivity index (χ4n) is 2.06. The third-order valence-electron chi connectivity index (χ3n) is 2.96. The second-order valence-electron chi connectivity index (χ2n) is 5.90. The Morgan fingerprint density at radius 2 is 2.00 bits per heavy atom. The molecule has 1 aliphatic heterocycles. The number of morpholine rings is 1. The molecular formula is C15H22N2O3. The van der Waals surface area contributed by atoms with Crippen LogP contribution in [0.5, 0.6) is 0 Å². The highest BCUT2D eigenvalue weighted by Crippen LogP contribution is 2.19. The largest absolute Gasteiger partial charge is 0.456 e. The quantitative estimate of drug-likeness (QED) is 0.835. The van der Waals surface area contributed by atoms with Gasteiger partial charge in [-0.1, -0.05) is 0 Å². The van der Waals surface area contributed by atoms with E-state index < -0.39 is 5.60 Å². The Bertz CT molecular complexity index is 465. The van der Waals surface area contributed by atoms with Gasteiger partial charge in [0.15, 0.2) is 0 Å². The lowest BCUT2D eigenvalue weighted by molar-refractivity contribution is 0.00694. The lowest BCUT2D eigenvalue weighted by atomic mass is 10.1. The predicted octanol–water partition coefficient (Wildman–Crippen LogP) is 1.76. The molecule has 20 heavy (non-hydrogen) atoms. The Morgan fingerprint density at radius 1 is 1.35 bits per heavy atom. The number of esters is 1. The molecule has 0 amide bonds. The van der Waals surface area contributed by atoms with Gasteiger partial charge < -0.3 is 20.1 Å². The summed E-state index contributed by atoms with van der Waals surface area (Å²) in [5, 5.41) is 0. The average Bonchev–Trinajstić information content (AvgIpc) is 2.37. The maximum Gasteiger partial charge on any atom is 0.338 e. The Labute approximate surface area is 119 Å². The summed E-state index contributed by atoms with van der Waals surface area (Å²) in [7, 11) is 0. The van der Waals surface area contributed by atoms with Gasteiger partial charge in [-0.3, -0.25) is 0 Å². The van der Waals surface area contributed by atoms with E-state index in [4.69, 9.17) is 15.2 Å². The average molecular weight is 278 g/mol. The van der Waals surface area contributed by atoms with Gasteiger partial charge in [-0.25, -0.2) is 4.79 Å². The summed E-state index contributed by atoms with van der Waals surface area (Å²) in [6, 6.07) is 7.39. The highest BCUT2D eigenvalue weighted by molar-refractivity contribution is 5.90. The zero-order valence-corrected chi connectivity index (χ0v) is 12.3. The van der Waals surface area contributed by atoms with Crippen molar-refractivity contribution in [2.24, 2.45) is 5.73 Å². The van der Waals surface area contributed by atoms with Crippen LogP contribution in [0.4, 0.5) is 5.69 Å². The molecule has 1 unspecified atom stereocenters. The first-order valence-corrected chi connectivity index (χ1v) is 6.81. The molecular weight excluding hydrogens is 256 g/mol. The van der Waals surface area contributed by atoms with E-state index in [-0.39, 0.29) is 12.2 Å². The second kappa shape index (κ2) is 5.81. The minimum Gasteiger partial charge on any atom is -0.456 e. The Morgan fingerprint density at radius 3 is 2.55 bits per heavy atom. The third kappa shape index (κ3) is 3.95. The summed E-state index contributed by atoms with van der Waals surface area (Å²) in [6.45, 7) is 7.65. The minimum atomic E-state index is -0.479. The maximum absolute atomic E-state index is 11.9. The van der Waals surface area contributed by atoms with Crippen LogP contribution in [0.25, 0.3) is 0 Å². The molecule has 110 valence electrons. The summed E-state index contributed by atoms with van der Waals surface area (Å²) >= 11 is 0. The summed E-state index contributed by atoms with van der Waals surface area (Å²) in [6.07, 6.45) is -0.255. The number of nitrogens with zero attached hydrogens (tertiary/aromatic N) is 1. The van der Waals surface area contributed by atoms with E-state index in [0.717, 1.165) is 12.2 Å². The molecule has 1 aromatic rings. The molecule has 1 atom stereocenters. The SMILES string of the molecule is CC(C)(C)OC(=O)c1ccc(N2CCOC(N)C2)cc1. The van der Waals surface area contributed by atoms with Crippen LogP contribution < -0.4 is 10.6 Å². The fourth-order valence-corrected chi connectivity index (χ4v) is 2.06. The van der Waals surface area contributed by atoms with E-state index in [0.29, 0.717) is 18.7 Å². The second-order valence-corrected chi connectivity index (χ2v) is 5.90. The predicted molar refractivity (Wildman–Crippen MR) is 77.8 cm³/mol. The van der Waals surface area contributed by atoms with Crippen molar-refractivity contribution in [2.45, 2.75) is 32.6 Å². The topological polar surface area (TPSA) is 64.8 Å². The summed E-state index contributed by atoms with van der Waals surface area (Å²) in [4.78, 5) is 14.1. The molecule has 2 N–H and O–H groups in total. The van der Waals surface area contributed by atoms with Crippen molar-refractivity contribution in [3.8, 4) is 0 Å². The number of hydrogen-bond donors (Lipinski definition) is 1. The van der Waals surface area contributed by atoms with E-state index in [9.17, 15) is 4.79 Å². The molecule has 1 fully saturated rings. The fraction of sp³-hybridized carbons (Fsp3) is 0.533. The molecule has 0 aliphatic carbocycles. The first kappa shape index (κ1) is 14.8. The van der Waals surface area contributed by atoms with E-state index in [2.05, 4.69) is 4.90 Å². The molecule has 0 aromatic heterocycles. The summed E-state index contributed by atoms with van der Waals surface area (Å²) in [5.41, 5.74) is 6.89. The molecule has 5 nitrogen and oxygen atoms in total. The molecule has 0 bridgehead atoms. The third-order valence-corrected chi connectivity index (χ3v) is 2.96. The van der Waals surface area contributed by atoms with E-state index in [1.54, 1.807) is 12.1 Å². The van der Waals surface area contributed by atoms with Crippen molar-refractivity contribution in [3.05, 3.63) is 29.8 Å². The van der Waals surface area contributed by atoms with Crippen LogP contribution >= 0.6 is 0 Å². The number of anilines is 1. The zero-order valence-electron chi connectivity index (χ0n) is 12.3. The van der Waals surface area contributed by atoms with Crippen LogP contribution in [0.1, 0.15) is 31.1 Å². The molecule has 1 heterocycles. The van der Waals surface area contributed by atoms with E-state index >= 15 is 0 Å². The van der Waals surface area contributed by atoms with Crippen LogP contribution in [0.2, 0.25) is 0 Å². The highest BCUT2D eigenvalue weighted by Gasteiger charge is 2.20. The normalized spacial score (nSPS) is 19.8.